The van der Waals surface area contributed by atoms with Crippen molar-refractivity contribution in [1.82, 2.24) is 9.78 Å². The summed E-state index contributed by atoms with van der Waals surface area (Å²) in [5.41, 5.74) is 0.965. The fraction of sp³-hybridized carbons (Fsp3) is 0.667. The molecule has 0 atom stereocenters. The van der Waals surface area contributed by atoms with E-state index in [0.717, 1.165) is 0 Å². The second kappa shape index (κ2) is 5.73. The van der Waals surface area contributed by atoms with Crippen molar-refractivity contribution in [3.63, 3.8) is 0 Å². The summed E-state index contributed by atoms with van der Waals surface area (Å²) in [6.45, 7) is 6.50. The zero-order valence-corrected chi connectivity index (χ0v) is 13.5. The molecule has 0 spiro atoms. The van der Waals surface area contributed by atoms with E-state index in [9.17, 15) is 13.2 Å². The first kappa shape index (κ1) is 17.0. The number of sulfone groups is 1. The second-order valence-electron chi connectivity index (χ2n) is 4.95. The standard InChI is InChI=1S/C12H19ClN2O4S/c1-5-8-10(13)9(15(6-2)14-8)7-20(18,19)12(3,4)11(16)17/h5-7H2,1-4H3,(H,16,17). The Kier molecular flexibility index (Phi) is 4.86. The molecular formula is C12H19ClN2O4S. The number of hydrogen-bond donors (Lipinski definition) is 1. The molecule has 0 bridgehead atoms. The number of carboxylic acid groups (broad SMARTS) is 1. The van der Waals surface area contributed by atoms with Crippen molar-refractivity contribution in [2.24, 2.45) is 0 Å². The summed E-state index contributed by atoms with van der Waals surface area (Å²) < 4.78 is 24.2. The lowest BCUT2D eigenvalue weighted by Gasteiger charge is -2.20. The Morgan fingerprint density at radius 3 is 2.35 bits per heavy atom. The molecule has 1 aromatic heterocycles. The van der Waals surface area contributed by atoms with Gasteiger partial charge in [0.05, 0.1) is 22.2 Å². The highest BCUT2D eigenvalue weighted by Crippen LogP contribution is 2.28. The average Bonchev–Trinajstić information content (AvgIpc) is 2.65. The van der Waals surface area contributed by atoms with Crippen LogP contribution >= 0.6 is 11.6 Å². The molecule has 20 heavy (non-hydrogen) atoms. The van der Waals surface area contributed by atoms with Gasteiger partial charge in [-0.15, -0.1) is 0 Å². The van der Waals surface area contributed by atoms with Crippen molar-refractivity contribution in [3.8, 4) is 0 Å². The normalized spacial score (nSPS) is 12.7. The summed E-state index contributed by atoms with van der Waals surface area (Å²) in [6, 6.07) is 0. The molecule has 1 rings (SSSR count). The zero-order chi connectivity index (χ0) is 15.7. The van der Waals surface area contributed by atoms with Gasteiger partial charge in [0, 0.05) is 6.54 Å². The van der Waals surface area contributed by atoms with Gasteiger partial charge >= 0.3 is 5.97 Å². The van der Waals surface area contributed by atoms with E-state index < -0.39 is 26.3 Å². The summed E-state index contributed by atoms with van der Waals surface area (Å²) in [6.07, 6.45) is 0.585. The molecule has 1 heterocycles. The van der Waals surface area contributed by atoms with Crippen molar-refractivity contribution in [1.29, 1.82) is 0 Å². The van der Waals surface area contributed by atoms with Gasteiger partial charge in [0.25, 0.3) is 0 Å². The molecule has 0 fully saturated rings. The number of hydrogen-bond acceptors (Lipinski definition) is 4. The second-order valence-corrected chi connectivity index (χ2v) is 7.87. The highest BCUT2D eigenvalue weighted by atomic mass is 35.5. The summed E-state index contributed by atoms with van der Waals surface area (Å²) >= 11 is 6.15. The lowest BCUT2D eigenvalue weighted by Crippen LogP contribution is -2.41. The molecule has 1 N–H and O–H groups in total. The third-order valence-corrected chi connectivity index (χ3v) is 6.13. The molecule has 114 valence electrons. The molecule has 0 amide bonds. The van der Waals surface area contributed by atoms with E-state index in [0.29, 0.717) is 29.4 Å². The van der Waals surface area contributed by atoms with Crippen LogP contribution in [0.1, 0.15) is 39.1 Å². The molecule has 6 nitrogen and oxygen atoms in total. The first-order chi connectivity index (χ1) is 9.08. The van der Waals surface area contributed by atoms with Crippen LogP contribution in [0.15, 0.2) is 0 Å². The van der Waals surface area contributed by atoms with Gasteiger partial charge in [0.15, 0.2) is 14.6 Å². The minimum Gasteiger partial charge on any atom is -0.480 e. The molecule has 0 radical (unpaired) electrons. The third kappa shape index (κ3) is 2.83. The predicted octanol–water partition coefficient (Wildman–Crippen LogP) is 1.90. The van der Waals surface area contributed by atoms with Gasteiger partial charge in [0.2, 0.25) is 0 Å². The summed E-state index contributed by atoms with van der Waals surface area (Å²) in [5, 5.41) is 13.6. The Labute approximate surface area is 123 Å². The Morgan fingerprint density at radius 2 is 1.95 bits per heavy atom. The number of carbonyl (C=O) groups is 1. The van der Waals surface area contributed by atoms with Crippen LogP contribution in [0.3, 0.4) is 0 Å². The molecular weight excluding hydrogens is 304 g/mol. The highest BCUT2D eigenvalue weighted by Gasteiger charge is 2.42. The van der Waals surface area contributed by atoms with Gasteiger partial charge in [0.1, 0.15) is 0 Å². The average molecular weight is 323 g/mol. The smallest absolute Gasteiger partial charge is 0.324 e. The maximum absolute atomic E-state index is 12.3. The van der Waals surface area contributed by atoms with Crippen molar-refractivity contribution in [2.45, 2.75) is 51.2 Å². The van der Waals surface area contributed by atoms with E-state index in [-0.39, 0.29) is 0 Å². The lowest BCUT2D eigenvalue weighted by atomic mass is 10.2. The van der Waals surface area contributed by atoms with Gasteiger partial charge in [-0.2, -0.15) is 5.10 Å². The predicted molar refractivity (Wildman–Crippen MR) is 76.6 cm³/mol. The summed E-state index contributed by atoms with van der Waals surface area (Å²) in [5.74, 6) is -1.82. The topological polar surface area (TPSA) is 89.3 Å². The van der Waals surface area contributed by atoms with Crippen LogP contribution in [0.5, 0.6) is 0 Å². The molecule has 0 aliphatic heterocycles. The Balaban J connectivity index is 3.29. The van der Waals surface area contributed by atoms with Crippen LogP contribution in [0, 0.1) is 0 Å². The Bertz CT molecular complexity index is 620. The maximum atomic E-state index is 12.3. The molecule has 0 aliphatic carbocycles. The monoisotopic (exact) mass is 322 g/mol. The molecule has 0 unspecified atom stereocenters. The van der Waals surface area contributed by atoms with Gasteiger partial charge in [-0.25, -0.2) is 8.42 Å². The Hall–Kier alpha value is -1.08. The van der Waals surface area contributed by atoms with E-state index in [2.05, 4.69) is 5.10 Å². The van der Waals surface area contributed by atoms with Crippen LogP contribution in [0.2, 0.25) is 5.02 Å². The molecule has 1 aromatic rings. The van der Waals surface area contributed by atoms with E-state index >= 15 is 0 Å². The minimum atomic E-state index is -3.91. The van der Waals surface area contributed by atoms with E-state index in [1.54, 1.807) is 0 Å². The maximum Gasteiger partial charge on any atom is 0.324 e. The third-order valence-electron chi connectivity index (χ3n) is 3.31. The van der Waals surface area contributed by atoms with Crippen LogP contribution in [-0.4, -0.2) is 34.0 Å². The number of aryl methyl sites for hydroxylation is 2. The van der Waals surface area contributed by atoms with E-state index in [1.807, 2.05) is 13.8 Å². The number of aliphatic carboxylic acids is 1. The van der Waals surface area contributed by atoms with Crippen molar-refractivity contribution in [3.05, 3.63) is 16.4 Å². The SMILES string of the molecule is CCc1nn(CC)c(CS(=O)(=O)C(C)(C)C(=O)O)c1Cl. The molecule has 0 aliphatic rings. The van der Waals surface area contributed by atoms with Gasteiger partial charge < -0.3 is 5.11 Å². The molecule has 8 heteroatoms. The Morgan fingerprint density at radius 1 is 1.40 bits per heavy atom. The van der Waals surface area contributed by atoms with E-state index in [1.165, 1.54) is 18.5 Å². The minimum absolute atomic E-state index is 0.305. The zero-order valence-electron chi connectivity index (χ0n) is 12.0. The fourth-order valence-electron chi connectivity index (χ4n) is 1.65. The van der Waals surface area contributed by atoms with Crippen LogP contribution in [0.4, 0.5) is 0 Å². The quantitative estimate of drug-likeness (QED) is 0.864. The van der Waals surface area contributed by atoms with E-state index in [4.69, 9.17) is 16.7 Å². The first-order valence-electron chi connectivity index (χ1n) is 6.28. The van der Waals surface area contributed by atoms with Gasteiger partial charge in [-0.05, 0) is 27.2 Å². The largest absolute Gasteiger partial charge is 0.480 e. The number of carboxylic acids is 1. The van der Waals surface area contributed by atoms with Crippen LogP contribution in [-0.2, 0) is 33.4 Å². The fourth-order valence-corrected chi connectivity index (χ4v) is 3.34. The van der Waals surface area contributed by atoms with Crippen molar-refractivity contribution in [2.75, 3.05) is 0 Å². The first-order valence-corrected chi connectivity index (χ1v) is 8.31. The van der Waals surface area contributed by atoms with Gasteiger partial charge in [-0.3, -0.25) is 9.48 Å². The van der Waals surface area contributed by atoms with Gasteiger partial charge in [-0.1, -0.05) is 18.5 Å². The summed E-state index contributed by atoms with van der Waals surface area (Å²) in [7, 11) is -3.91. The van der Waals surface area contributed by atoms with Crippen LogP contribution < -0.4 is 0 Å². The van der Waals surface area contributed by atoms with Crippen LogP contribution in [0.25, 0.3) is 0 Å². The number of halogens is 1. The molecule has 0 aromatic carbocycles. The number of rotatable bonds is 6. The summed E-state index contributed by atoms with van der Waals surface area (Å²) in [4.78, 5) is 11.1. The molecule has 0 saturated carbocycles. The lowest BCUT2D eigenvalue weighted by molar-refractivity contribution is -0.139. The van der Waals surface area contributed by atoms with Crippen molar-refractivity contribution >= 4 is 27.4 Å². The highest BCUT2D eigenvalue weighted by molar-refractivity contribution is 7.92. The number of aromatic nitrogens is 2. The van der Waals surface area contributed by atoms with Crippen molar-refractivity contribution < 1.29 is 18.3 Å². The number of nitrogens with zero attached hydrogens (tertiary/aromatic N) is 2. The molecule has 0 saturated heterocycles.